The Kier molecular flexibility index (Phi) is 4.19. The van der Waals surface area contributed by atoms with Crippen molar-refractivity contribution in [3.05, 3.63) is 35.4 Å². The fourth-order valence-electron chi connectivity index (χ4n) is 2.90. The van der Waals surface area contributed by atoms with Crippen molar-refractivity contribution in [1.29, 1.82) is 0 Å². The summed E-state index contributed by atoms with van der Waals surface area (Å²) in [5.41, 5.74) is 8.54. The molecule has 94 valence electrons. The highest BCUT2D eigenvalue weighted by atomic mass is 15.0. The van der Waals surface area contributed by atoms with E-state index in [4.69, 9.17) is 5.73 Å². The number of hydrogen-bond acceptors (Lipinski definition) is 2. The van der Waals surface area contributed by atoms with Crippen molar-refractivity contribution in [2.75, 3.05) is 6.54 Å². The lowest BCUT2D eigenvalue weighted by atomic mass is 10.0. The van der Waals surface area contributed by atoms with Crippen LogP contribution in [0, 0.1) is 12.8 Å². The van der Waals surface area contributed by atoms with Crippen molar-refractivity contribution in [2.24, 2.45) is 11.7 Å². The topological polar surface area (TPSA) is 38.0 Å². The van der Waals surface area contributed by atoms with Gasteiger partial charge in [-0.3, -0.25) is 0 Å². The lowest BCUT2D eigenvalue weighted by Crippen LogP contribution is -2.37. The van der Waals surface area contributed by atoms with Crippen molar-refractivity contribution in [3.8, 4) is 0 Å². The van der Waals surface area contributed by atoms with Gasteiger partial charge in [0.1, 0.15) is 0 Å². The van der Waals surface area contributed by atoms with Crippen LogP contribution in [0.5, 0.6) is 0 Å². The maximum Gasteiger partial charge on any atom is 0.0294 e. The third-order valence-electron chi connectivity index (χ3n) is 3.97. The molecule has 0 aromatic heterocycles. The molecule has 1 fully saturated rings. The minimum atomic E-state index is 0.423. The molecule has 0 amide bonds. The Hall–Kier alpha value is -0.860. The third kappa shape index (κ3) is 3.08. The molecule has 0 radical (unpaired) electrons. The Morgan fingerprint density at radius 1 is 1.41 bits per heavy atom. The minimum absolute atomic E-state index is 0.423. The monoisotopic (exact) mass is 232 g/mol. The zero-order chi connectivity index (χ0) is 12.3. The first kappa shape index (κ1) is 12.6. The first-order valence-electron chi connectivity index (χ1n) is 6.73. The molecule has 0 aliphatic heterocycles. The second kappa shape index (κ2) is 5.65. The summed E-state index contributed by atoms with van der Waals surface area (Å²) >= 11 is 0. The van der Waals surface area contributed by atoms with Crippen molar-refractivity contribution in [1.82, 2.24) is 5.32 Å². The van der Waals surface area contributed by atoms with Crippen molar-refractivity contribution in [3.63, 3.8) is 0 Å². The van der Waals surface area contributed by atoms with Gasteiger partial charge in [0, 0.05) is 12.1 Å². The van der Waals surface area contributed by atoms with E-state index in [1.807, 2.05) is 0 Å². The molecule has 1 aromatic carbocycles. The Labute approximate surface area is 105 Å². The van der Waals surface area contributed by atoms with Crippen LogP contribution in [0.15, 0.2) is 24.3 Å². The van der Waals surface area contributed by atoms with E-state index in [2.05, 4.69) is 43.4 Å². The molecule has 3 atom stereocenters. The summed E-state index contributed by atoms with van der Waals surface area (Å²) in [5.74, 6) is 0.669. The summed E-state index contributed by atoms with van der Waals surface area (Å²) in [6.07, 6.45) is 3.88. The average Bonchev–Trinajstić information content (AvgIpc) is 2.76. The van der Waals surface area contributed by atoms with E-state index in [-0.39, 0.29) is 0 Å². The third-order valence-corrected chi connectivity index (χ3v) is 3.97. The van der Waals surface area contributed by atoms with E-state index in [1.54, 1.807) is 0 Å². The van der Waals surface area contributed by atoms with Gasteiger partial charge in [-0.05, 0) is 44.7 Å². The van der Waals surface area contributed by atoms with Crippen molar-refractivity contribution < 1.29 is 0 Å². The van der Waals surface area contributed by atoms with E-state index in [1.165, 1.54) is 30.4 Å². The molecule has 1 aliphatic carbocycles. The molecule has 2 unspecified atom stereocenters. The van der Waals surface area contributed by atoms with E-state index < -0.39 is 0 Å². The van der Waals surface area contributed by atoms with Gasteiger partial charge >= 0.3 is 0 Å². The van der Waals surface area contributed by atoms with Gasteiger partial charge in [0.25, 0.3) is 0 Å². The molecule has 17 heavy (non-hydrogen) atoms. The second-order valence-electron chi connectivity index (χ2n) is 5.34. The first-order valence-corrected chi connectivity index (χ1v) is 6.73. The quantitative estimate of drug-likeness (QED) is 0.837. The van der Waals surface area contributed by atoms with E-state index in [0.717, 1.165) is 6.54 Å². The number of nitrogens with one attached hydrogen (secondary N) is 1. The molecule has 2 heteroatoms. The highest BCUT2D eigenvalue weighted by Gasteiger charge is 2.27. The molecule has 1 aliphatic rings. The van der Waals surface area contributed by atoms with Gasteiger partial charge in [-0.15, -0.1) is 0 Å². The number of nitrogens with two attached hydrogens (primary N) is 1. The minimum Gasteiger partial charge on any atom is -0.330 e. The molecule has 0 saturated heterocycles. The molecule has 0 spiro atoms. The molecule has 2 rings (SSSR count). The highest BCUT2D eigenvalue weighted by molar-refractivity contribution is 5.24. The molecule has 1 aromatic rings. The number of hydrogen-bond donors (Lipinski definition) is 2. The molecule has 0 heterocycles. The Balaban J connectivity index is 1.99. The van der Waals surface area contributed by atoms with Gasteiger partial charge in [-0.1, -0.05) is 36.2 Å². The lowest BCUT2D eigenvalue weighted by molar-refractivity contribution is 0.373. The number of rotatable bonds is 4. The normalized spacial score (nSPS) is 26.1. The van der Waals surface area contributed by atoms with Crippen LogP contribution in [0.1, 0.15) is 43.4 Å². The SMILES string of the molecule is Cc1cccc([C@@H](C)NC2CCCC2CN)c1. The highest BCUT2D eigenvalue weighted by Crippen LogP contribution is 2.27. The molecule has 3 N–H and O–H groups in total. The van der Waals surface area contributed by atoms with Crippen LogP contribution in [0.2, 0.25) is 0 Å². The summed E-state index contributed by atoms with van der Waals surface area (Å²) in [6, 6.07) is 9.79. The van der Waals surface area contributed by atoms with Gasteiger partial charge < -0.3 is 11.1 Å². The molecule has 2 nitrogen and oxygen atoms in total. The van der Waals surface area contributed by atoms with Gasteiger partial charge in [0.15, 0.2) is 0 Å². The Morgan fingerprint density at radius 3 is 2.94 bits per heavy atom. The van der Waals surface area contributed by atoms with Crippen LogP contribution in [-0.4, -0.2) is 12.6 Å². The van der Waals surface area contributed by atoms with Crippen LogP contribution in [0.25, 0.3) is 0 Å². The molecule has 1 saturated carbocycles. The average molecular weight is 232 g/mol. The van der Waals surface area contributed by atoms with E-state index >= 15 is 0 Å². The van der Waals surface area contributed by atoms with Gasteiger partial charge in [0.2, 0.25) is 0 Å². The molecule has 0 bridgehead atoms. The zero-order valence-corrected chi connectivity index (χ0v) is 10.9. The van der Waals surface area contributed by atoms with Crippen molar-refractivity contribution >= 4 is 0 Å². The lowest BCUT2D eigenvalue weighted by Gasteiger charge is -2.24. The van der Waals surface area contributed by atoms with Crippen LogP contribution >= 0.6 is 0 Å². The van der Waals surface area contributed by atoms with E-state index in [9.17, 15) is 0 Å². The van der Waals surface area contributed by atoms with Gasteiger partial charge in [-0.25, -0.2) is 0 Å². The first-order chi connectivity index (χ1) is 8.20. The smallest absolute Gasteiger partial charge is 0.0294 e. The summed E-state index contributed by atoms with van der Waals surface area (Å²) in [6.45, 7) is 5.22. The predicted molar refractivity (Wildman–Crippen MR) is 72.9 cm³/mol. The summed E-state index contributed by atoms with van der Waals surface area (Å²) < 4.78 is 0. The largest absolute Gasteiger partial charge is 0.330 e. The fourth-order valence-corrected chi connectivity index (χ4v) is 2.90. The Bertz CT molecular complexity index is 362. The summed E-state index contributed by atoms with van der Waals surface area (Å²) in [4.78, 5) is 0. The van der Waals surface area contributed by atoms with E-state index in [0.29, 0.717) is 18.0 Å². The molecular formula is C15H24N2. The maximum atomic E-state index is 5.82. The van der Waals surface area contributed by atoms with Crippen LogP contribution in [-0.2, 0) is 0 Å². The van der Waals surface area contributed by atoms with Gasteiger partial charge in [-0.2, -0.15) is 0 Å². The van der Waals surface area contributed by atoms with Crippen LogP contribution in [0.4, 0.5) is 0 Å². The fraction of sp³-hybridized carbons (Fsp3) is 0.600. The van der Waals surface area contributed by atoms with Crippen LogP contribution in [0.3, 0.4) is 0 Å². The second-order valence-corrected chi connectivity index (χ2v) is 5.34. The molecular weight excluding hydrogens is 208 g/mol. The zero-order valence-electron chi connectivity index (χ0n) is 10.9. The standard InChI is InChI=1S/C15H24N2/c1-11-5-3-6-13(9-11)12(2)17-15-8-4-7-14(15)10-16/h3,5-6,9,12,14-15,17H,4,7-8,10,16H2,1-2H3/t12-,14?,15?/m1/s1. The summed E-state index contributed by atoms with van der Waals surface area (Å²) in [7, 11) is 0. The number of benzene rings is 1. The van der Waals surface area contributed by atoms with Gasteiger partial charge in [0.05, 0.1) is 0 Å². The Morgan fingerprint density at radius 2 is 2.24 bits per heavy atom. The number of aryl methyl sites for hydroxylation is 1. The van der Waals surface area contributed by atoms with Crippen molar-refractivity contribution in [2.45, 2.75) is 45.2 Å². The van der Waals surface area contributed by atoms with Crippen LogP contribution < -0.4 is 11.1 Å². The maximum absolute atomic E-state index is 5.82. The predicted octanol–water partition coefficient (Wildman–Crippen LogP) is 2.77. The summed E-state index contributed by atoms with van der Waals surface area (Å²) in [5, 5.41) is 3.74.